The first-order valence-electron chi connectivity index (χ1n) is 8.87. The average molecular weight is 352 g/mol. The van der Waals surface area contributed by atoms with E-state index in [1.165, 1.54) is 0 Å². The number of hydrogen-bond acceptors (Lipinski definition) is 4. The molecular weight excluding hydrogens is 328 g/mol. The topological polar surface area (TPSA) is 67.5 Å². The number of nitrogens with one attached hydrogen (secondary N) is 1. The van der Waals surface area contributed by atoms with Gasteiger partial charge in [-0.25, -0.2) is 4.98 Å². The van der Waals surface area contributed by atoms with Gasteiger partial charge in [0.05, 0.1) is 23.6 Å². The number of hydrogen-bond donors (Lipinski definition) is 1. The number of amides is 1. The maximum Gasteiger partial charge on any atom is 0.224 e. The first-order chi connectivity index (χ1) is 12.5. The van der Waals surface area contributed by atoms with Crippen LogP contribution < -0.4 is 5.32 Å². The molecule has 136 valence electrons. The predicted molar refractivity (Wildman–Crippen MR) is 98.6 cm³/mol. The van der Waals surface area contributed by atoms with Crippen LogP contribution in [0.15, 0.2) is 30.6 Å². The third kappa shape index (κ3) is 2.59. The lowest BCUT2D eigenvalue weighted by molar-refractivity contribution is -0.127. The van der Waals surface area contributed by atoms with Crippen molar-refractivity contribution in [3.63, 3.8) is 0 Å². The third-order valence-corrected chi connectivity index (χ3v) is 5.49. The van der Waals surface area contributed by atoms with E-state index in [0.29, 0.717) is 13.0 Å². The van der Waals surface area contributed by atoms with Crippen molar-refractivity contribution < 1.29 is 4.79 Å². The minimum absolute atomic E-state index is 0.00427. The highest BCUT2D eigenvalue weighted by atomic mass is 16.2. The second-order valence-corrected chi connectivity index (χ2v) is 7.03. The summed E-state index contributed by atoms with van der Waals surface area (Å²) in [4.78, 5) is 18.7. The molecule has 1 N–H and O–H groups in total. The normalized spacial score (nSPS) is 20.5. The number of rotatable bonds is 4. The molecule has 0 spiro atoms. The summed E-state index contributed by atoms with van der Waals surface area (Å²) in [6.07, 6.45) is 4.39. The lowest BCUT2D eigenvalue weighted by Crippen LogP contribution is -2.35. The number of nitrogens with zero attached hydrogens (tertiary/aromatic N) is 5. The number of likely N-dealkylation sites (tertiary alicyclic amines) is 1. The van der Waals surface area contributed by atoms with Gasteiger partial charge in [-0.2, -0.15) is 5.10 Å². The Balaban J connectivity index is 1.61. The molecule has 7 heteroatoms. The highest BCUT2D eigenvalue weighted by molar-refractivity contribution is 5.80. The number of carbonyl (C=O) groups is 1. The van der Waals surface area contributed by atoms with Gasteiger partial charge in [0.25, 0.3) is 0 Å². The summed E-state index contributed by atoms with van der Waals surface area (Å²) in [5.74, 6) is 0.160. The van der Waals surface area contributed by atoms with E-state index in [2.05, 4.69) is 26.7 Å². The molecule has 1 saturated heterocycles. The SMILES string of the molecule is Cc1nn(C)c(C)c1[C@H]1[C@H](NCc2cnc3ccccn23)CC(=O)N1C. The molecular formula is C19H24N6O. The number of pyridine rings is 1. The molecule has 7 nitrogen and oxygen atoms in total. The van der Waals surface area contributed by atoms with Gasteiger partial charge in [0, 0.05) is 50.6 Å². The van der Waals surface area contributed by atoms with Gasteiger partial charge in [-0.3, -0.25) is 9.48 Å². The molecule has 0 aliphatic carbocycles. The largest absolute Gasteiger partial charge is 0.337 e. The molecule has 0 saturated carbocycles. The molecule has 1 aliphatic rings. The van der Waals surface area contributed by atoms with Crippen molar-refractivity contribution in [1.82, 2.24) is 29.4 Å². The number of likely N-dealkylation sites (N-methyl/N-ethyl adjacent to an activating group) is 1. The van der Waals surface area contributed by atoms with Gasteiger partial charge in [-0.1, -0.05) is 6.07 Å². The van der Waals surface area contributed by atoms with Crippen molar-refractivity contribution in [1.29, 1.82) is 0 Å². The van der Waals surface area contributed by atoms with Crippen LogP contribution in [0.1, 0.15) is 35.1 Å². The third-order valence-electron chi connectivity index (χ3n) is 5.49. The van der Waals surface area contributed by atoms with Crippen LogP contribution in [0.5, 0.6) is 0 Å². The fourth-order valence-electron chi connectivity index (χ4n) is 4.02. The molecule has 4 rings (SSSR count). The van der Waals surface area contributed by atoms with Crippen molar-refractivity contribution in [3.8, 4) is 0 Å². The molecule has 1 amide bonds. The van der Waals surface area contributed by atoms with E-state index in [9.17, 15) is 4.79 Å². The second kappa shape index (κ2) is 6.25. The highest BCUT2D eigenvalue weighted by Gasteiger charge is 2.40. The van der Waals surface area contributed by atoms with Crippen molar-refractivity contribution in [2.45, 2.75) is 38.9 Å². The predicted octanol–water partition coefficient (Wildman–Crippen LogP) is 1.75. The molecule has 1 aliphatic heterocycles. The van der Waals surface area contributed by atoms with Crippen LogP contribution in [0.2, 0.25) is 0 Å². The summed E-state index contributed by atoms with van der Waals surface area (Å²) in [5.41, 5.74) is 5.26. The lowest BCUT2D eigenvalue weighted by Gasteiger charge is -2.26. The van der Waals surface area contributed by atoms with E-state index in [-0.39, 0.29) is 18.0 Å². The van der Waals surface area contributed by atoms with Crippen LogP contribution in [0.3, 0.4) is 0 Å². The second-order valence-electron chi connectivity index (χ2n) is 7.03. The molecule has 0 unspecified atom stereocenters. The Kier molecular flexibility index (Phi) is 4.03. The summed E-state index contributed by atoms with van der Waals surface area (Å²) in [5, 5.41) is 8.13. The number of aryl methyl sites for hydroxylation is 2. The van der Waals surface area contributed by atoms with Gasteiger partial charge < -0.3 is 14.6 Å². The lowest BCUT2D eigenvalue weighted by atomic mass is 9.98. The van der Waals surface area contributed by atoms with E-state index in [0.717, 1.165) is 28.3 Å². The molecule has 0 aromatic carbocycles. The number of aromatic nitrogens is 4. The summed E-state index contributed by atoms with van der Waals surface area (Å²) >= 11 is 0. The van der Waals surface area contributed by atoms with E-state index < -0.39 is 0 Å². The van der Waals surface area contributed by atoms with Crippen LogP contribution in [0.4, 0.5) is 0 Å². The Labute approximate surface area is 152 Å². The smallest absolute Gasteiger partial charge is 0.224 e. The number of carbonyl (C=O) groups excluding carboxylic acids is 1. The fourth-order valence-corrected chi connectivity index (χ4v) is 4.02. The quantitative estimate of drug-likeness (QED) is 0.777. The van der Waals surface area contributed by atoms with E-state index in [1.807, 2.05) is 61.2 Å². The number of fused-ring (bicyclic) bond motifs is 1. The van der Waals surface area contributed by atoms with Crippen molar-refractivity contribution in [2.75, 3.05) is 7.05 Å². The summed E-state index contributed by atoms with van der Waals surface area (Å²) < 4.78 is 3.96. The van der Waals surface area contributed by atoms with Crippen LogP contribution in [-0.4, -0.2) is 43.1 Å². The zero-order chi connectivity index (χ0) is 18.4. The summed E-state index contributed by atoms with van der Waals surface area (Å²) in [7, 11) is 3.83. The maximum absolute atomic E-state index is 12.4. The Morgan fingerprint density at radius 1 is 1.27 bits per heavy atom. The minimum atomic E-state index is -0.00427. The Morgan fingerprint density at radius 3 is 2.81 bits per heavy atom. The Morgan fingerprint density at radius 2 is 2.08 bits per heavy atom. The molecule has 3 aromatic heterocycles. The molecule has 0 bridgehead atoms. The van der Waals surface area contributed by atoms with Gasteiger partial charge in [0.15, 0.2) is 0 Å². The molecule has 2 atom stereocenters. The molecule has 1 fully saturated rings. The van der Waals surface area contributed by atoms with Crippen molar-refractivity contribution in [3.05, 3.63) is 53.2 Å². The van der Waals surface area contributed by atoms with Gasteiger partial charge in [0.1, 0.15) is 5.65 Å². The minimum Gasteiger partial charge on any atom is -0.337 e. The van der Waals surface area contributed by atoms with E-state index in [1.54, 1.807) is 0 Å². The zero-order valence-corrected chi connectivity index (χ0v) is 15.6. The monoisotopic (exact) mass is 352 g/mol. The van der Waals surface area contributed by atoms with Crippen molar-refractivity contribution >= 4 is 11.6 Å². The molecule has 26 heavy (non-hydrogen) atoms. The van der Waals surface area contributed by atoms with E-state index in [4.69, 9.17) is 0 Å². The van der Waals surface area contributed by atoms with Gasteiger partial charge in [-0.15, -0.1) is 0 Å². The Hall–Kier alpha value is -2.67. The molecule has 0 radical (unpaired) electrons. The van der Waals surface area contributed by atoms with Crippen LogP contribution in [0.25, 0.3) is 5.65 Å². The first-order valence-corrected chi connectivity index (χ1v) is 8.87. The zero-order valence-electron chi connectivity index (χ0n) is 15.6. The van der Waals surface area contributed by atoms with Crippen molar-refractivity contribution in [2.24, 2.45) is 7.05 Å². The van der Waals surface area contributed by atoms with Gasteiger partial charge >= 0.3 is 0 Å². The first kappa shape index (κ1) is 16.8. The van der Waals surface area contributed by atoms with Crippen LogP contribution in [-0.2, 0) is 18.4 Å². The van der Waals surface area contributed by atoms with Crippen LogP contribution in [0, 0.1) is 13.8 Å². The fraction of sp³-hybridized carbons (Fsp3) is 0.421. The van der Waals surface area contributed by atoms with Gasteiger partial charge in [0.2, 0.25) is 5.91 Å². The maximum atomic E-state index is 12.4. The average Bonchev–Trinajstić information content (AvgIpc) is 3.23. The molecule has 3 aromatic rings. The highest BCUT2D eigenvalue weighted by Crippen LogP contribution is 2.35. The summed E-state index contributed by atoms with van der Waals surface area (Å²) in [6, 6.07) is 6.00. The number of imidazole rings is 1. The van der Waals surface area contributed by atoms with Crippen LogP contribution >= 0.6 is 0 Å². The van der Waals surface area contributed by atoms with Gasteiger partial charge in [-0.05, 0) is 26.0 Å². The van der Waals surface area contributed by atoms with E-state index >= 15 is 0 Å². The summed E-state index contributed by atoms with van der Waals surface area (Å²) in [6.45, 7) is 4.74. The standard InChI is InChI=1S/C19H24N6O/c1-12-18(13(2)24(4)22-12)19-15(9-17(26)23(19)3)20-10-14-11-21-16-7-5-6-8-25(14)16/h5-8,11,15,19-20H,9-10H2,1-4H3/t15-,19-/m1/s1. The molecule has 4 heterocycles. The Bertz CT molecular complexity index is 972.